The van der Waals surface area contributed by atoms with Crippen LogP contribution in [0, 0.1) is 6.92 Å². The fourth-order valence-electron chi connectivity index (χ4n) is 2.46. The van der Waals surface area contributed by atoms with E-state index >= 15 is 0 Å². The number of aromatic nitrogens is 2. The quantitative estimate of drug-likeness (QED) is 0.823. The van der Waals surface area contributed by atoms with Crippen LogP contribution in [0.1, 0.15) is 32.0 Å². The molecule has 1 aromatic rings. The predicted molar refractivity (Wildman–Crippen MR) is 79.7 cm³/mol. The van der Waals surface area contributed by atoms with Crippen molar-refractivity contribution in [1.29, 1.82) is 0 Å². The summed E-state index contributed by atoms with van der Waals surface area (Å²) in [5, 5.41) is 6.75. The maximum absolute atomic E-state index is 4.45. The number of likely N-dealkylation sites (N-methyl/N-ethyl adjacent to an activating group) is 1. The first kappa shape index (κ1) is 14.1. The second-order valence-corrected chi connectivity index (χ2v) is 5.27. The van der Waals surface area contributed by atoms with E-state index in [-0.39, 0.29) is 0 Å². The van der Waals surface area contributed by atoms with Gasteiger partial charge in [-0.15, -0.1) is 0 Å². The summed E-state index contributed by atoms with van der Waals surface area (Å²) < 4.78 is 0. The van der Waals surface area contributed by atoms with Crippen molar-refractivity contribution in [2.24, 2.45) is 0 Å². The molecular formula is C14H25N5. The Morgan fingerprint density at radius 1 is 1.32 bits per heavy atom. The molecule has 1 unspecified atom stereocenters. The van der Waals surface area contributed by atoms with E-state index in [1.54, 1.807) is 0 Å². The Morgan fingerprint density at radius 2 is 2.05 bits per heavy atom. The largest absolute Gasteiger partial charge is 0.370 e. The van der Waals surface area contributed by atoms with Crippen LogP contribution in [-0.4, -0.2) is 47.6 Å². The van der Waals surface area contributed by atoms with Crippen LogP contribution in [0.3, 0.4) is 0 Å². The maximum Gasteiger partial charge on any atom is 0.131 e. The number of nitrogens with zero attached hydrogens (tertiary/aromatic N) is 3. The first-order chi connectivity index (χ1) is 9.19. The topological polar surface area (TPSA) is 53.1 Å². The van der Waals surface area contributed by atoms with Gasteiger partial charge in [-0.3, -0.25) is 0 Å². The van der Waals surface area contributed by atoms with E-state index in [9.17, 15) is 0 Å². The Hall–Kier alpha value is -1.36. The van der Waals surface area contributed by atoms with E-state index < -0.39 is 0 Å². The number of nitrogens with one attached hydrogen (secondary N) is 2. The zero-order chi connectivity index (χ0) is 13.7. The summed E-state index contributed by atoms with van der Waals surface area (Å²) in [7, 11) is 2.19. The third kappa shape index (κ3) is 4.06. The van der Waals surface area contributed by atoms with Crippen LogP contribution in [0.2, 0.25) is 0 Å². The van der Waals surface area contributed by atoms with Crippen molar-refractivity contribution in [2.45, 2.75) is 39.2 Å². The molecule has 1 atom stereocenters. The Labute approximate surface area is 115 Å². The third-order valence-electron chi connectivity index (χ3n) is 3.58. The lowest BCUT2D eigenvalue weighted by atomic mass is 10.2. The van der Waals surface area contributed by atoms with E-state index in [1.807, 2.05) is 13.0 Å². The van der Waals surface area contributed by atoms with Crippen LogP contribution in [-0.2, 0) is 0 Å². The van der Waals surface area contributed by atoms with Gasteiger partial charge in [-0.25, -0.2) is 9.97 Å². The minimum absolute atomic E-state index is 0.627. The average molecular weight is 263 g/mol. The minimum Gasteiger partial charge on any atom is -0.370 e. The van der Waals surface area contributed by atoms with E-state index in [4.69, 9.17) is 0 Å². The number of hydrogen-bond donors (Lipinski definition) is 2. The highest BCUT2D eigenvalue weighted by Gasteiger charge is 2.20. The molecule has 1 aliphatic rings. The Balaban J connectivity index is 1.93. The lowest BCUT2D eigenvalue weighted by Crippen LogP contribution is -2.31. The van der Waals surface area contributed by atoms with Crippen molar-refractivity contribution in [3.63, 3.8) is 0 Å². The van der Waals surface area contributed by atoms with Crippen LogP contribution < -0.4 is 10.6 Å². The van der Waals surface area contributed by atoms with Gasteiger partial charge in [-0.05, 0) is 39.8 Å². The number of likely N-dealkylation sites (tertiary alicyclic amines) is 1. The summed E-state index contributed by atoms with van der Waals surface area (Å²) in [6, 6.07) is 2.62. The summed E-state index contributed by atoms with van der Waals surface area (Å²) in [4.78, 5) is 11.3. The molecule has 2 heterocycles. The van der Waals surface area contributed by atoms with Crippen molar-refractivity contribution in [1.82, 2.24) is 14.9 Å². The first-order valence-electron chi connectivity index (χ1n) is 7.22. The molecule has 5 heteroatoms. The van der Waals surface area contributed by atoms with E-state index in [2.05, 4.69) is 39.5 Å². The Kier molecular flexibility index (Phi) is 4.96. The second-order valence-electron chi connectivity index (χ2n) is 5.27. The fraction of sp³-hybridized carbons (Fsp3) is 0.714. The van der Waals surface area contributed by atoms with Crippen LogP contribution in [0.15, 0.2) is 6.07 Å². The lowest BCUT2D eigenvalue weighted by Gasteiger charge is -2.20. The van der Waals surface area contributed by atoms with Gasteiger partial charge in [0, 0.05) is 25.2 Å². The highest BCUT2D eigenvalue weighted by atomic mass is 15.2. The molecule has 1 saturated heterocycles. The monoisotopic (exact) mass is 263 g/mol. The number of hydrogen-bond acceptors (Lipinski definition) is 5. The summed E-state index contributed by atoms with van der Waals surface area (Å²) in [6.45, 7) is 7.19. The van der Waals surface area contributed by atoms with Gasteiger partial charge in [0.2, 0.25) is 0 Å². The van der Waals surface area contributed by atoms with Gasteiger partial charge in [-0.1, -0.05) is 6.92 Å². The van der Waals surface area contributed by atoms with Crippen molar-refractivity contribution < 1.29 is 0 Å². The van der Waals surface area contributed by atoms with E-state index in [1.165, 1.54) is 19.4 Å². The third-order valence-corrected chi connectivity index (χ3v) is 3.58. The fourth-order valence-corrected chi connectivity index (χ4v) is 2.46. The van der Waals surface area contributed by atoms with Crippen molar-refractivity contribution in [3.8, 4) is 0 Å². The molecule has 0 amide bonds. The maximum atomic E-state index is 4.45. The predicted octanol–water partition coefficient (Wildman–Crippen LogP) is 2.11. The molecular weight excluding hydrogens is 238 g/mol. The van der Waals surface area contributed by atoms with E-state index in [0.717, 1.165) is 37.0 Å². The molecule has 1 fully saturated rings. The normalized spacial score (nSPS) is 19.6. The smallest absolute Gasteiger partial charge is 0.131 e. The average Bonchev–Trinajstić information content (AvgIpc) is 2.79. The zero-order valence-corrected chi connectivity index (χ0v) is 12.2. The molecule has 0 saturated carbocycles. The van der Waals surface area contributed by atoms with Gasteiger partial charge >= 0.3 is 0 Å². The number of anilines is 2. The standard InChI is InChI=1S/C14H25N5/c1-4-7-15-13-9-14(18-11(2)17-13)16-10-12-6-5-8-19(12)3/h9,12H,4-8,10H2,1-3H3,(H2,15,16,17,18). The molecule has 2 rings (SSSR count). The molecule has 0 aromatic carbocycles. The van der Waals surface area contributed by atoms with Gasteiger partial charge < -0.3 is 15.5 Å². The van der Waals surface area contributed by atoms with Crippen molar-refractivity contribution in [2.75, 3.05) is 37.3 Å². The molecule has 0 bridgehead atoms. The molecule has 106 valence electrons. The SMILES string of the molecule is CCCNc1cc(NCC2CCCN2C)nc(C)n1. The summed E-state index contributed by atoms with van der Waals surface area (Å²) in [5.41, 5.74) is 0. The van der Waals surface area contributed by atoms with Gasteiger partial charge in [-0.2, -0.15) is 0 Å². The molecule has 19 heavy (non-hydrogen) atoms. The van der Waals surface area contributed by atoms with Crippen LogP contribution in [0.25, 0.3) is 0 Å². The van der Waals surface area contributed by atoms with Gasteiger partial charge in [0.1, 0.15) is 17.5 Å². The van der Waals surface area contributed by atoms with Gasteiger partial charge in [0.15, 0.2) is 0 Å². The van der Waals surface area contributed by atoms with Crippen LogP contribution in [0.5, 0.6) is 0 Å². The summed E-state index contributed by atoms with van der Waals surface area (Å²) in [5.74, 6) is 2.64. The van der Waals surface area contributed by atoms with Crippen LogP contribution >= 0.6 is 0 Å². The molecule has 1 aromatic heterocycles. The van der Waals surface area contributed by atoms with E-state index in [0.29, 0.717) is 6.04 Å². The molecule has 0 radical (unpaired) electrons. The molecule has 0 aliphatic carbocycles. The molecule has 2 N–H and O–H groups in total. The Morgan fingerprint density at radius 3 is 2.68 bits per heavy atom. The lowest BCUT2D eigenvalue weighted by molar-refractivity contribution is 0.322. The number of aryl methyl sites for hydroxylation is 1. The summed E-state index contributed by atoms with van der Waals surface area (Å²) >= 11 is 0. The molecule has 0 spiro atoms. The Bertz CT molecular complexity index is 407. The molecule has 5 nitrogen and oxygen atoms in total. The zero-order valence-electron chi connectivity index (χ0n) is 12.2. The van der Waals surface area contributed by atoms with Crippen LogP contribution in [0.4, 0.5) is 11.6 Å². The van der Waals surface area contributed by atoms with Crippen molar-refractivity contribution >= 4 is 11.6 Å². The second kappa shape index (κ2) is 6.70. The van der Waals surface area contributed by atoms with Gasteiger partial charge in [0.25, 0.3) is 0 Å². The van der Waals surface area contributed by atoms with Gasteiger partial charge in [0.05, 0.1) is 0 Å². The van der Waals surface area contributed by atoms with Crippen molar-refractivity contribution in [3.05, 3.63) is 11.9 Å². The minimum atomic E-state index is 0.627. The first-order valence-corrected chi connectivity index (χ1v) is 7.22. The highest BCUT2D eigenvalue weighted by molar-refractivity contribution is 5.47. The highest BCUT2D eigenvalue weighted by Crippen LogP contribution is 2.16. The summed E-state index contributed by atoms with van der Waals surface area (Å²) in [6.07, 6.45) is 3.67. The molecule has 1 aliphatic heterocycles. The number of rotatable bonds is 6.